The van der Waals surface area contributed by atoms with Gasteiger partial charge in [-0.25, -0.2) is 0 Å². The summed E-state index contributed by atoms with van der Waals surface area (Å²) in [7, 11) is 4.15. The summed E-state index contributed by atoms with van der Waals surface area (Å²) in [5, 5.41) is 4.84. The van der Waals surface area contributed by atoms with Crippen molar-refractivity contribution in [1.82, 2.24) is 10.2 Å². The monoisotopic (exact) mass is 322 g/mol. The van der Waals surface area contributed by atoms with Crippen molar-refractivity contribution in [2.75, 3.05) is 14.1 Å². The first-order valence-corrected chi connectivity index (χ1v) is 7.68. The van der Waals surface area contributed by atoms with Crippen LogP contribution in [-0.4, -0.2) is 19.0 Å². The van der Waals surface area contributed by atoms with Gasteiger partial charge in [-0.1, -0.05) is 53.5 Å². The van der Waals surface area contributed by atoms with E-state index in [-0.39, 0.29) is 0 Å². The molecule has 0 aliphatic rings. The summed E-state index contributed by atoms with van der Waals surface area (Å²) in [6, 6.07) is 14.1. The average Bonchev–Trinajstić information content (AvgIpc) is 2.43. The first-order valence-electron chi connectivity index (χ1n) is 6.93. The number of hydrogen-bond donors (Lipinski definition) is 1. The van der Waals surface area contributed by atoms with Gasteiger partial charge >= 0.3 is 0 Å². The van der Waals surface area contributed by atoms with Gasteiger partial charge in [-0.15, -0.1) is 0 Å². The molecule has 0 unspecified atom stereocenters. The molecule has 21 heavy (non-hydrogen) atoms. The Kier molecular flexibility index (Phi) is 6.07. The van der Waals surface area contributed by atoms with Crippen LogP contribution in [0.2, 0.25) is 10.0 Å². The van der Waals surface area contributed by atoms with Gasteiger partial charge in [0.1, 0.15) is 0 Å². The molecule has 0 aromatic heterocycles. The molecule has 0 atom stereocenters. The maximum absolute atomic E-state index is 6.18. The molecular formula is C17H20Cl2N2. The van der Waals surface area contributed by atoms with Gasteiger partial charge in [-0.05, 0) is 37.4 Å². The third-order valence-corrected chi connectivity index (χ3v) is 3.99. The van der Waals surface area contributed by atoms with Crippen molar-refractivity contribution in [2.45, 2.75) is 19.6 Å². The van der Waals surface area contributed by atoms with Crippen LogP contribution in [0.15, 0.2) is 42.5 Å². The minimum atomic E-state index is 0.662. The fourth-order valence-corrected chi connectivity index (χ4v) is 2.78. The molecule has 4 heteroatoms. The van der Waals surface area contributed by atoms with Crippen LogP contribution in [0.25, 0.3) is 0 Å². The van der Waals surface area contributed by atoms with E-state index in [0.717, 1.165) is 18.7 Å². The molecule has 1 N–H and O–H groups in total. The number of benzene rings is 2. The van der Waals surface area contributed by atoms with Gasteiger partial charge in [0, 0.05) is 35.2 Å². The van der Waals surface area contributed by atoms with Crippen LogP contribution in [0.1, 0.15) is 16.7 Å². The molecular weight excluding hydrogens is 303 g/mol. The predicted molar refractivity (Wildman–Crippen MR) is 90.8 cm³/mol. The van der Waals surface area contributed by atoms with Crippen LogP contribution in [0.3, 0.4) is 0 Å². The molecule has 0 saturated heterocycles. The minimum absolute atomic E-state index is 0.662. The highest BCUT2D eigenvalue weighted by Gasteiger charge is 2.06. The molecule has 2 nitrogen and oxygen atoms in total. The van der Waals surface area contributed by atoms with Crippen molar-refractivity contribution in [1.29, 1.82) is 0 Å². The zero-order valence-corrected chi connectivity index (χ0v) is 13.9. The minimum Gasteiger partial charge on any atom is -0.308 e. The lowest BCUT2D eigenvalue weighted by Gasteiger charge is -2.15. The van der Waals surface area contributed by atoms with E-state index in [1.807, 2.05) is 18.2 Å². The van der Waals surface area contributed by atoms with Crippen molar-refractivity contribution in [3.05, 3.63) is 69.2 Å². The number of rotatable bonds is 6. The fraction of sp³-hybridized carbons (Fsp3) is 0.294. The molecule has 0 radical (unpaired) electrons. The lowest BCUT2D eigenvalue weighted by molar-refractivity contribution is 0.400. The van der Waals surface area contributed by atoms with Crippen molar-refractivity contribution >= 4 is 23.2 Å². The summed E-state index contributed by atoms with van der Waals surface area (Å²) in [5.41, 5.74) is 3.58. The van der Waals surface area contributed by atoms with E-state index >= 15 is 0 Å². The molecule has 2 aromatic rings. The van der Waals surface area contributed by atoms with Gasteiger partial charge in [-0.2, -0.15) is 0 Å². The molecule has 0 fully saturated rings. The molecule has 0 saturated carbocycles. The second kappa shape index (κ2) is 7.81. The molecule has 0 spiro atoms. The molecule has 0 amide bonds. The Hall–Kier alpha value is -1.06. The highest BCUT2D eigenvalue weighted by atomic mass is 35.5. The zero-order valence-electron chi connectivity index (χ0n) is 12.4. The number of nitrogens with zero attached hydrogens (tertiary/aromatic N) is 1. The van der Waals surface area contributed by atoms with E-state index in [4.69, 9.17) is 23.2 Å². The molecule has 112 valence electrons. The summed E-state index contributed by atoms with van der Waals surface area (Å²) in [6.07, 6.45) is 0. The van der Waals surface area contributed by atoms with Crippen molar-refractivity contribution in [3.8, 4) is 0 Å². The summed E-state index contributed by atoms with van der Waals surface area (Å²) in [4.78, 5) is 2.17. The fourth-order valence-electron chi connectivity index (χ4n) is 2.25. The molecule has 0 aliphatic carbocycles. The Labute approximate surface area is 136 Å². The first kappa shape index (κ1) is 16.3. The maximum Gasteiger partial charge on any atom is 0.0465 e. The van der Waals surface area contributed by atoms with Gasteiger partial charge in [-0.3, -0.25) is 0 Å². The number of nitrogens with one attached hydrogen (secondary N) is 1. The summed E-state index contributed by atoms with van der Waals surface area (Å²) in [5.74, 6) is 0. The molecule has 2 aromatic carbocycles. The smallest absolute Gasteiger partial charge is 0.0465 e. The largest absolute Gasteiger partial charge is 0.308 e. The Morgan fingerprint density at radius 1 is 0.857 bits per heavy atom. The third-order valence-electron chi connectivity index (χ3n) is 3.28. The lowest BCUT2D eigenvalue weighted by atomic mass is 10.1. The molecule has 2 rings (SSSR count). The Balaban J connectivity index is 2.01. The quantitative estimate of drug-likeness (QED) is 0.850. The standard InChI is InChI=1S/C17H20Cl2N2/c1-21(2)12-14-7-4-3-6-13(14)10-20-11-15-16(18)8-5-9-17(15)19/h3-9,20H,10-12H2,1-2H3. The Morgan fingerprint density at radius 3 is 2.10 bits per heavy atom. The highest BCUT2D eigenvalue weighted by molar-refractivity contribution is 6.35. The van der Waals surface area contributed by atoms with Gasteiger partial charge < -0.3 is 10.2 Å². The predicted octanol–water partition coefficient (Wildman–Crippen LogP) is 4.34. The normalized spacial score (nSPS) is 11.1. The summed E-state index contributed by atoms with van der Waals surface area (Å²) >= 11 is 12.4. The molecule has 0 heterocycles. The third kappa shape index (κ3) is 4.72. The van der Waals surface area contributed by atoms with Crippen molar-refractivity contribution < 1.29 is 0 Å². The van der Waals surface area contributed by atoms with Crippen LogP contribution in [0.4, 0.5) is 0 Å². The maximum atomic E-state index is 6.18. The summed E-state index contributed by atoms with van der Waals surface area (Å²) in [6.45, 7) is 2.39. The van der Waals surface area contributed by atoms with E-state index in [1.54, 1.807) is 0 Å². The average molecular weight is 323 g/mol. The van der Waals surface area contributed by atoms with Crippen LogP contribution >= 0.6 is 23.2 Å². The van der Waals surface area contributed by atoms with E-state index in [1.165, 1.54) is 11.1 Å². The topological polar surface area (TPSA) is 15.3 Å². The van der Waals surface area contributed by atoms with Gasteiger partial charge in [0.15, 0.2) is 0 Å². The van der Waals surface area contributed by atoms with E-state index in [0.29, 0.717) is 16.6 Å². The lowest BCUT2D eigenvalue weighted by Crippen LogP contribution is -2.17. The molecule has 0 aliphatic heterocycles. The van der Waals surface area contributed by atoms with E-state index in [2.05, 4.69) is 48.6 Å². The van der Waals surface area contributed by atoms with Gasteiger partial charge in [0.05, 0.1) is 0 Å². The molecule has 0 bridgehead atoms. The Bertz CT molecular complexity index is 577. The highest BCUT2D eigenvalue weighted by Crippen LogP contribution is 2.24. The van der Waals surface area contributed by atoms with Crippen LogP contribution < -0.4 is 5.32 Å². The van der Waals surface area contributed by atoms with E-state index in [9.17, 15) is 0 Å². The second-order valence-electron chi connectivity index (χ2n) is 5.31. The van der Waals surface area contributed by atoms with Gasteiger partial charge in [0.2, 0.25) is 0 Å². The SMILES string of the molecule is CN(C)Cc1ccccc1CNCc1c(Cl)cccc1Cl. The summed E-state index contributed by atoms with van der Waals surface area (Å²) < 4.78 is 0. The zero-order chi connectivity index (χ0) is 15.2. The number of halogens is 2. The van der Waals surface area contributed by atoms with E-state index < -0.39 is 0 Å². The van der Waals surface area contributed by atoms with Crippen molar-refractivity contribution in [3.63, 3.8) is 0 Å². The van der Waals surface area contributed by atoms with Gasteiger partial charge in [0.25, 0.3) is 0 Å². The van der Waals surface area contributed by atoms with Crippen molar-refractivity contribution in [2.24, 2.45) is 0 Å². The van der Waals surface area contributed by atoms with Crippen LogP contribution in [0, 0.1) is 0 Å². The Morgan fingerprint density at radius 2 is 1.48 bits per heavy atom. The van der Waals surface area contributed by atoms with Crippen LogP contribution in [-0.2, 0) is 19.6 Å². The first-order chi connectivity index (χ1) is 10.1. The number of hydrogen-bond acceptors (Lipinski definition) is 2. The van der Waals surface area contributed by atoms with Crippen LogP contribution in [0.5, 0.6) is 0 Å². The second-order valence-corrected chi connectivity index (χ2v) is 6.12.